The molecule has 2 aromatic rings. The summed E-state index contributed by atoms with van der Waals surface area (Å²) in [6.07, 6.45) is 0.690. The van der Waals surface area contributed by atoms with Crippen LogP contribution in [0.1, 0.15) is 18.6 Å². The van der Waals surface area contributed by atoms with Crippen LogP contribution in [-0.2, 0) is 16.1 Å². The Bertz CT molecular complexity index is 770. The molecule has 0 unspecified atom stereocenters. The molecule has 10 heteroatoms. The molecule has 1 saturated heterocycles. The molecule has 0 amide bonds. The van der Waals surface area contributed by atoms with Crippen LogP contribution in [0, 0.1) is 0 Å². The Morgan fingerprint density at radius 3 is 2.69 bits per heavy atom. The highest BCUT2D eigenvalue weighted by atomic mass is 19.4. The second-order valence-electron chi connectivity index (χ2n) is 6.66. The molecule has 0 bridgehead atoms. The van der Waals surface area contributed by atoms with Gasteiger partial charge in [-0.25, -0.2) is 9.78 Å². The van der Waals surface area contributed by atoms with Gasteiger partial charge in [-0.1, -0.05) is 6.07 Å². The molecular formula is C19H21F3N2O5. The van der Waals surface area contributed by atoms with E-state index in [1.807, 2.05) is 30.3 Å². The van der Waals surface area contributed by atoms with Crippen molar-refractivity contribution < 1.29 is 37.0 Å². The number of halogens is 3. The van der Waals surface area contributed by atoms with Gasteiger partial charge < -0.3 is 19.0 Å². The second kappa shape index (κ2) is 9.27. The molecule has 2 aliphatic rings. The summed E-state index contributed by atoms with van der Waals surface area (Å²) in [6, 6.07) is 10.1. The smallest absolute Gasteiger partial charge is 0.475 e. The van der Waals surface area contributed by atoms with Crippen molar-refractivity contribution in [3.63, 3.8) is 0 Å². The number of nitrogens with zero attached hydrogens (tertiary/aromatic N) is 2. The van der Waals surface area contributed by atoms with Crippen molar-refractivity contribution in [2.45, 2.75) is 43.8 Å². The number of carboxylic acids is 1. The average molecular weight is 414 g/mol. The van der Waals surface area contributed by atoms with E-state index in [2.05, 4.69) is 9.88 Å². The van der Waals surface area contributed by atoms with E-state index in [4.69, 9.17) is 23.8 Å². The molecule has 1 aliphatic heterocycles. The molecule has 3 atom stereocenters. The van der Waals surface area contributed by atoms with Gasteiger partial charge in [-0.2, -0.15) is 13.2 Å². The number of alkyl halides is 3. The lowest BCUT2D eigenvalue weighted by molar-refractivity contribution is -0.192. The molecule has 1 N–H and O–H groups in total. The summed E-state index contributed by atoms with van der Waals surface area (Å²) in [5, 5.41) is 7.12. The fourth-order valence-electron chi connectivity index (χ4n) is 3.49. The first kappa shape index (κ1) is 21.1. The number of fused-ring (bicyclic) bond motifs is 1. The summed E-state index contributed by atoms with van der Waals surface area (Å²) in [7, 11) is 0. The number of carboxylic acid groups (broad SMARTS) is 1. The SMILES string of the molecule is O=C(O)C(F)(F)F.c1ccc(O[C@@H]2CC[C@H]3[C@H]2OCCN3Cc2ccco2)nc1. The van der Waals surface area contributed by atoms with Crippen LogP contribution in [-0.4, -0.2) is 58.5 Å². The molecule has 0 radical (unpaired) electrons. The number of pyridine rings is 1. The highest BCUT2D eigenvalue weighted by Crippen LogP contribution is 2.33. The maximum Gasteiger partial charge on any atom is 0.490 e. The van der Waals surface area contributed by atoms with Gasteiger partial charge in [-0.05, 0) is 31.0 Å². The van der Waals surface area contributed by atoms with Crippen molar-refractivity contribution in [1.29, 1.82) is 0 Å². The zero-order valence-corrected chi connectivity index (χ0v) is 15.4. The second-order valence-corrected chi connectivity index (χ2v) is 6.66. The Hall–Kier alpha value is -2.59. The Morgan fingerprint density at radius 1 is 1.28 bits per heavy atom. The van der Waals surface area contributed by atoms with Crippen molar-refractivity contribution in [2.75, 3.05) is 13.2 Å². The summed E-state index contributed by atoms with van der Waals surface area (Å²) in [6.45, 7) is 2.52. The Kier molecular flexibility index (Phi) is 6.75. The number of morpholine rings is 1. The van der Waals surface area contributed by atoms with E-state index in [1.54, 1.807) is 12.5 Å². The average Bonchev–Trinajstić information content (AvgIpc) is 3.33. The Morgan fingerprint density at radius 2 is 2.07 bits per heavy atom. The number of hydrogen-bond donors (Lipinski definition) is 1. The minimum absolute atomic E-state index is 0.0827. The molecule has 2 aromatic heterocycles. The zero-order valence-electron chi connectivity index (χ0n) is 15.4. The van der Waals surface area contributed by atoms with Crippen LogP contribution in [0.5, 0.6) is 5.88 Å². The van der Waals surface area contributed by atoms with Gasteiger partial charge >= 0.3 is 12.1 Å². The first-order valence-corrected chi connectivity index (χ1v) is 9.10. The van der Waals surface area contributed by atoms with E-state index in [0.717, 1.165) is 38.3 Å². The van der Waals surface area contributed by atoms with Crippen molar-refractivity contribution in [3.8, 4) is 5.88 Å². The van der Waals surface area contributed by atoms with Crippen molar-refractivity contribution in [2.24, 2.45) is 0 Å². The van der Waals surface area contributed by atoms with Gasteiger partial charge in [0, 0.05) is 24.8 Å². The van der Waals surface area contributed by atoms with E-state index in [0.29, 0.717) is 11.9 Å². The van der Waals surface area contributed by atoms with E-state index in [-0.39, 0.29) is 12.2 Å². The number of aliphatic carboxylic acids is 1. The number of rotatable bonds is 4. The fraction of sp³-hybridized carbons (Fsp3) is 0.474. The highest BCUT2D eigenvalue weighted by Gasteiger charge is 2.44. The molecule has 29 heavy (non-hydrogen) atoms. The minimum Gasteiger partial charge on any atom is -0.475 e. The predicted molar refractivity (Wildman–Crippen MR) is 94.2 cm³/mol. The van der Waals surface area contributed by atoms with E-state index >= 15 is 0 Å². The maximum absolute atomic E-state index is 10.6. The van der Waals surface area contributed by atoms with E-state index < -0.39 is 12.1 Å². The number of furan rings is 1. The van der Waals surface area contributed by atoms with Crippen LogP contribution < -0.4 is 4.74 Å². The quantitative estimate of drug-likeness (QED) is 0.823. The number of aromatic nitrogens is 1. The standard InChI is InChI=1S/C17H20N2O3.C2HF3O2/c1-2-8-18-16(5-1)22-15-7-6-14-17(15)21-11-9-19(14)12-13-4-3-10-20-13;3-2(4,5)1(6)7/h1-5,8,10,14-15,17H,6-7,9,11-12H2;(H,6,7)/t14-,15+,17+;/m0./s1. The van der Waals surface area contributed by atoms with Crippen LogP contribution in [0.3, 0.4) is 0 Å². The zero-order chi connectivity index (χ0) is 20.9. The fourth-order valence-corrected chi connectivity index (χ4v) is 3.49. The van der Waals surface area contributed by atoms with E-state index in [1.165, 1.54) is 0 Å². The van der Waals surface area contributed by atoms with Gasteiger partial charge in [0.2, 0.25) is 5.88 Å². The Labute approximate surface area is 165 Å². The molecule has 158 valence electrons. The molecule has 3 heterocycles. The van der Waals surface area contributed by atoms with E-state index in [9.17, 15) is 13.2 Å². The normalized spacial score (nSPS) is 24.3. The third kappa shape index (κ3) is 5.70. The summed E-state index contributed by atoms with van der Waals surface area (Å²) >= 11 is 0. The number of ether oxygens (including phenoxy) is 2. The monoisotopic (exact) mass is 414 g/mol. The molecule has 1 saturated carbocycles. The van der Waals surface area contributed by atoms with Crippen molar-refractivity contribution >= 4 is 5.97 Å². The van der Waals surface area contributed by atoms with Crippen molar-refractivity contribution in [3.05, 3.63) is 48.6 Å². The minimum atomic E-state index is -5.08. The lowest BCUT2D eigenvalue weighted by Crippen LogP contribution is -2.51. The number of carbonyl (C=O) groups is 1. The Balaban J connectivity index is 0.000000298. The first-order chi connectivity index (χ1) is 13.8. The summed E-state index contributed by atoms with van der Waals surface area (Å²) in [5.74, 6) is -1.07. The molecule has 0 aromatic carbocycles. The maximum atomic E-state index is 10.6. The summed E-state index contributed by atoms with van der Waals surface area (Å²) < 4.78 is 49.3. The first-order valence-electron chi connectivity index (χ1n) is 9.10. The van der Waals surface area contributed by atoms with Crippen LogP contribution in [0.15, 0.2) is 47.2 Å². The van der Waals surface area contributed by atoms with Gasteiger partial charge in [-0.3, -0.25) is 4.90 Å². The van der Waals surface area contributed by atoms with Gasteiger partial charge in [0.05, 0.1) is 19.4 Å². The molecular weight excluding hydrogens is 393 g/mol. The molecule has 1 aliphatic carbocycles. The van der Waals surface area contributed by atoms with Crippen LogP contribution in [0.2, 0.25) is 0 Å². The highest BCUT2D eigenvalue weighted by molar-refractivity contribution is 5.73. The molecule has 0 spiro atoms. The molecule has 7 nitrogen and oxygen atoms in total. The summed E-state index contributed by atoms with van der Waals surface area (Å²) in [5.41, 5.74) is 0. The predicted octanol–water partition coefficient (Wildman–Crippen LogP) is 3.12. The van der Waals surface area contributed by atoms with Gasteiger partial charge in [0.1, 0.15) is 18.0 Å². The van der Waals surface area contributed by atoms with Gasteiger partial charge in [-0.15, -0.1) is 0 Å². The third-order valence-electron chi connectivity index (χ3n) is 4.74. The lowest BCUT2D eigenvalue weighted by atomic mass is 10.1. The summed E-state index contributed by atoms with van der Waals surface area (Å²) in [4.78, 5) is 15.6. The van der Waals surface area contributed by atoms with Crippen LogP contribution in [0.25, 0.3) is 0 Å². The molecule has 4 rings (SSSR count). The molecule has 2 fully saturated rings. The van der Waals surface area contributed by atoms with Crippen LogP contribution >= 0.6 is 0 Å². The van der Waals surface area contributed by atoms with Gasteiger partial charge in [0.25, 0.3) is 0 Å². The topological polar surface area (TPSA) is 85.0 Å². The largest absolute Gasteiger partial charge is 0.490 e. The van der Waals surface area contributed by atoms with Gasteiger partial charge in [0.15, 0.2) is 0 Å². The lowest BCUT2D eigenvalue weighted by Gasteiger charge is -2.38. The van der Waals surface area contributed by atoms with Crippen LogP contribution in [0.4, 0.5) is 13.2 Å². The number of hydrogen-bond acceptors (Lipinski definition) is 6. The van der Waals surface area contributed by atoms with Crippen molar-refractivity contribution in [1.82, 2.24) is 9.88 Å². The third-order valence-corrected chi connectivity index (χ3v) is 4.74.